The van der Waals surface area contributed by atoms with Crippen LogP contribution in [0.2, 0.25) is 5.15 Å². The Kier molecular flexibility index (Phi) is 6.18. The minimum Gasteiger partial charge on any atom is -0.491 e. The van der Waals surface area contributed by atoms with Crippen molar-refractivity contribution in [3.8, 4) is 5.75 Å². The number of anilines is 1. The second-order valence-corrected chi connectivity index (χ2v) is 6.93. The highest BCUT2D eigenvalue weighted by Gasteiger charge is 2.18. The van der Waals surface area contributed by atoms with Gasteiger partial charge in [0.15, 0.2) is 0 Å². The van der Waals surface area contributed by atoms with Gasteiger partial charge in [-0.1, -0.05) is 11.6 Å². The lowest BCUT2D eigenvalue weighted by Crippen LogP contribution is -2.15. The van der Waals surface area contributed by atoms with Crippen LogP contribution in [0.25, 0.3) is 0 Å². The van der Waals surface area contributed by atoms with Crippen LogP contribution in [0.3, 0.4) is 0 Å². The van der Waals surface area contributed by atoms with Crippen molar-refractivity contribution in [2.24, 2.45) is 0 Å². The molecule has 2 rings (SSSR count). The number of sulfonamides is 1. The second kappa shape index (κ2) is 8.15. The average molecular weight is 387 g/mol. The topological polar surface area (TPSA) is 126 Å². The van der Waals surface area contributed by atoms with Gasteiger partial charge in [-0.3, -0.25) is 4.72 Å². The minimum atomic E-state index is -3.96. The summed E-state index contributed by atoms with van der Waals surface area (Å²) < 4.78 is 32.5. The average Bonchev–Trinajstić information content (AvgIpc) is 2.56. The van der Waals surface area contributed by atoms with Gasteiger partial charge >= 0.3 is 5.97 Å². The summed E-state index contributed by atoms with van der Waals surface area (Å²) in [6, 6.07) is 6.37. The number of carboxylic acids is 1. The van der Waals surface area contributed by atoms with Crippen LogP contribution in [0.5, 0.6) is 5.75 Å². The Bertz CT molecular complexity index is 855. The molecule has 0 saturated heterocycles. The summed E-state index contributed by atoms with van der Waals surface area (Å²) in [6.07, 6.45) is 1.41. The summed E-state index contributed by atoms with van der Waals surface area (Å²) in [5, 5.41) is 18.0. The monoisotopic (exact) mass is 386 g/mol. The fraction of sp³-hybridized carbons (Fsp3) is 0.200. The summed E-state index contributed by atoms with van der Waals surface area (Å²) in [6.45, 7) is -0.0209. The Balaban J connectivity index is 2.33. The second-order valence-electron chi connectivity index (χ2n) is 4.86. The van der Waals surface area contributed by atoms with Crippen LogP contribution in [-0.2, 0) is 10.0 Å². The predicted molar refractivity (Wildman–Crippen MR) is 90.7 cm³/mol. The molecule has 0 saturated carbocycles. The van der Waals surface area contributed by atoms with E-state index in [0.717, 1.165) is 6.20 Å². The molecule has 0 unspecified atom stereocenters. The molecule has 3 N–H and O–H groups in total. The van der Waals surface area contributed by atoms with E-state index in [1.165, 1.54) is 30.3 Å². The number of nitrogens with one attached hydrogen (secondary N) is 1. The molecule has 2 aromatic rings. The SMILES string of the molecule is O=C(O)c1ccc(NS(=O)(=O)c2ccc(Cl)nc2)c(OCCCO)c1. The number of pyridine rings is 1. The lowest BCUT2D eigenvalue weighted by molar-refractivity contribution is 0.0696. The lowest BCUT2D eigenvalue weighted by atomic mass is 10.2. The largest absolute Gasteiger partial charge is 0.491 e. The molecular weight excluding hydrogens is 372 g/mol. The zero-order valence-corrected chi connectivity index (χ0v) is 14.4. The zero-order valence-electron chi connectivity index (χ0n) is 12.8. The van der Waals surface area contributed by atoms with Crippen molar-refractivity contribution >= 4 is 33.3 Å². The number of aliphatic hydroxyl groups is 1. The molecular formula is C15H15ClN2O6S. The molecule has 0 fully saturated rings. The van der Waals surface area contributed by atoms with Crippen LogP contribution in [0.4, 0.5) is 5.69 Å². The van der Waals surface area contributed by atoms with Crippen molar-refractivity contribution in [3.05, 3.63) is 47.2 Å². The number of rotatable bonds is 8. The predicted octanol–water partition coefficient (Wildman–Crippen LogP) is 2.00. The summed E-state index contributed by atoms with van der Waals surface area (Å²) in [7, 11) is -3.96. The van der Waals surface area contributed by atoms with Gasteiger partial charge in [0.25, 0.3) is 10.0 Å². The third-order valence-corrected chi connectivity index (χ3v) is 4.62. The van der Waals surface area contributed by atoms with Crippen molar-refractivity contribution in [2.45, 2.75) is 11.3 Å². The number of benzene rings is 1. The van der Waals surface area contributed by atoms with Crippen LogP contribution in [0, 0.1) is 0 Å². The number of nitrogens with zero attached hydrogens (tertiary/aromatic N) is 1. The van der Waals surface area contributed by atoms with E-state index in [1.807, 2.05) is 0 Å². The van der Waals surface area contributed by atoms with E-state index < -0.39 is 16.0 Å². The highest BCUT2D eigenvalue weighted by molar-refractivity contribution is 7.92. The van der Waals surface area contributed by atoms with Crippen molar-refractivity contribution in [1.82, 2.24) is 4.98 Å². The molecule has 0 spiro atoms. The smallest absolute Gasteiger partial charge is 0.335 e. The van der Waals surface area contributed by atoms with E-state index in [2.05, 4.69) is 9.71 Å². The van der Waals surface area contributed by atoms with Crippen LogP contribution in [0.1, 0.15) is 16.8 Å². The van der Waals surface area contributed by atoms with E-state index in [4.69, 9.17) is 26.6 Å². The molecule has 0 aliphatic carbocycles. The van der Waals surface area contributed by atoms with Crippen molar-refractivity contribution in [1.29, 1.82) is 0 Å². The Morgan fingerprint density at radius 1 is 1.28 bits per heavy atom. The molecule has 134 valence electrons. The molecule has 1 aromatic carbocycles. The number of aromatic nitrogens is 1. The van der Waals surface area contributed by atoms with Gasteiger partial charge in [-0.25, -0.2) is 18.2 Å². The Hall–Kier alpha value is -2.36. The van der Waals surface area contributed by atoms with Gasteiger partial charge in [-0.15, -0.1) is 0 Å². The molecule has 0 aliphatic rings. The third-order valence-electron chi connectivity index (χ3n) is 3.04. The highest BCUT2D eigenvalue weighted by Crippen LogP contribution is 2.28. The van der Waals surface area contributed by atoms with E-state index >= 15 is 0 Å². The molecule has 0 radical (unpaired) electrons. The zero-order chi connectivity index (χ0) is 18.4. The van der Waals surface area contributed by atoms with Gasteiger partial charge < -0.3 is 14.9 Å². The molecule has 0 aliphatic heterocycles. The minimum absolute atomic E-state index is 0.0406. The number of ether oxygens (including phenoxy) is 1. The van der Waals surface area contributed by atoms with Crippen LogP contribution in [0.15, 0.2) is 41.4 Å². The maximum Gasteiger partial charge on any atom is 0.335 e. The summed E-state index contributed by atoms with van der Waals surface area (Å²) >= 11 is 5.64. The number of hydrogen-bond acceptors (Lipinski definition) is 6. The van der Waals surface area contributed by atoms with Gasteiger partial charge in [0.1, 0.15) is 15.8 Å². The van der Waals surface area contributed by atoms with Gasteiger partial charge in [0.2, 0.25) is 0 Å². The molecule has 1 aromatic heterocycles. The van der Waals surface area contributed by atoms with Crippen molar-refractivity contribution in [2.75, 3.05) is 17.9 Å². The maximum absolute atomic E-state index is 12.4. The number of aromatic carboxylic acids is 1. The standard InChI is InChI=1S/C15H15ClN2O6S/c16-14-5-3-11(9-17-14)25(22,23)18-12-4-2-10(15(20)21)8-13(12)24-7-1-6-19/h2-5,8-9,18-19H,1,6-7H2,(H,20,21). The number of carbonyl (C=O) groups is 1. The van der Waals surface area contributed by atoms with Crippen LogP contribution >= 0.6 is 11.6 Å². The van der Waals surface area contributed by atoms with Gasteiger partial charge in [0.05, 0.1) is 17.9 Å². The summed E-state index contributed by atoms with van der Waals surface area (Å²) in [4.78, 5) is 14.7. The van der Waals surface area contributed by atoms with Crippen molar-refractivity contribution in [3.63, 3.8) is 0 Å². The first-order valence-electron chi connectivity index (χ1n) is 7.09. The molecule has 0 atom stereocenters. The quantitative estimate of drug-likeness (QED) is 0.467. The molecule has 0 bridgehead atoms. The van der Waals surface area contributed by atoms with E-state index in [0.29, 0.717) is 6.42 Å². The normalized spacial score (nSPS) is 11.1. The Labute approximate surface area is 149 Å². The van der Waals surface area contributed by atoms with Gasteiger partial charge in [-0.2, -0.15) is 0 Å². The first-order chi connectivity index (χ1) is 11.8. The number of hydrogen-bond donors (Lipinski definition) is 3. The fourth-order valence-corrected chi connectivity index (χ4v) is 2.96. The Morgan fingerprint density at radius 3 is 2.64 bits per heavy atom. The van der Waals surface area contributed by atoms with E-state index in [9.17, 15) is 13.2 Å². The molecule has 1 heterocycles. The highest BCUT2D eigenvalue weighted by atomic mass is 35.5. The lowest BCUT2D eigenvalue weighted by Gasteiger charge is -2.14. The van der Waals surface area contributed by atoms with E-state index in [-0.39, 0.29) is 40.3 Å². The van der Waals surface area contributed by atoms with E-state index in [1.54, 1.807) is 0 Å². The molecule has 25 heavy (non-hydrogen) atoms. The first-order valence-corrected chi connectivity index (χ1v) is 8.95. The number of carboxylic acid groups (broad SMARTS) is 1. The first kappa shape index (κ1) is 19.0. The van der Waals surface area contributed by atoms with Crippen LogP contribution < -0.4 is 9.46 Å². The third kappa shape index (κ3) is 5.05. The Morgan fingerprint density at radius 2 is 2.04 bits per heavy atom. The molecule has 0 amide bonds. The van der Waals surface area contributed by atoms with Gasteiger partial charge in [0, 0.05) is 19.2 Å². The maximum atomic E-state index is 12.4. The summed E-state index contributed by atoms with van der Waals surface area (Å²) in [5.74, 6) is -1.14. The number of halogens is 1. The molecule has 8 nitrogen and oxygen atoms in total. The van der Waals surface area contributed by atoms with Crippen LogP contribution in [-0.4, -0.2) is 42.8 Å². The van der Waals surface area contributed by atoms with Crippen molar-refractivity contribution < 1.29 is 28.2 Å². The fourth-order valence-electron chi connectivity index (χ4n) is 1.83. The summed E-state index contributed by atoms with van der Waals surface area (Å²) in [5.41, 5.74) is 0.00740. The molecule has 10 heteroatoms. The van der Waals surface area contributed by atoms with Gasteiger partial charge in [-0.05, 0) is 30.3 Å². The number of aliphatic hydroxyl groups excluding tert-OH is 1.